The highest BCUT2D eigenvalue weighted by molar-refractivity contribution is 5.59. The molecule has 3 rings (SSSR count). The first kappa shape index (κ1) is 15.7. The highest BCUT2D eigenvalue weighted by Crippen LogP contribution is 2.31. The van der Waals surface area contributed by atoms with Gasteiger partial charge in [0.2, 0.25) is 0 Å². The van der Waals surface area contributed by atoms with Gasteiger partial charge in [0.1, 0.15) is 5.75 Å². The van der Waals surface area contributed by atoms with Crippen LogP contribution in [0.1, 0.15) is 12.1 Å². The molecule has 124 valence electrons. The number of para-hydroxylation sites is 2. The summed E-state index contributed by atoms with van der Waals surface area (Å²) in [6, 6.07) is 7.25. The Bertz CT molecular complexity index is 647. The number of nitrogens with zero attached hydrogens (tertiary/aromatic N) is 3. The highest BCUT2D eigenvalue weighted by atomic mass is 19.3. The molecule has 1 atom stereocenters. The van der Waals surface area contributed by atoms with E-state index in [0.717, 1.165) is 37.4 Å². The van der Waals surface area contributed by atoms with Crippen molar-refractivity contribution in [1.82, 2.24) is 14.9 Å². The van der Waals surface area contributed by atoms with E-state index in [1.807, 2.05) is 29.9 Å². The summed E-state index contributed by atoms with van der Waals surface area (Å²) in [5.41, 5.74) is 1.84. The van der Waals surface area contributed by atoms with Crippen molar-refractivity contribution in [1.29, 1.82) is 0 Å². The molecule has 0 aliphatic carbocycles. The molecule has 0 amide bonds. The van der Waals surface area contributed by atoms with E-state index in [0.29, 0.717) is 6.04 Å². The van der Waals surface area contributed by atoms with Crippen molar-refractivity contribution in [3.63, 3.8) is 0 Å². The van der Waals surface area contributed by atoms with E-state index >= 15 is 0 Å². The molecule has 1 saturated heterocycles. The molecular formula is C16H20F2N4O. The number of aromatic nitrogens is 2. The quantitative estimate of drug-likeness (QED) is 0.887. The number of aryl methyl sites for hydroxylation is 1. The molecule has 23 heavy (non-hydrogen) atoms. The second kappa shape index (κ2) is 6.95. The number of hydrogen-bond donors (Lipinski definition) is 1. The third kappa shape index (κ3) is 3.79. The molecule has 5 nitrogen and oxygen atoms in total. The van der Waals surface area contributed by atoms with Crippen molar-refractivity contribution in [2.24, 2.45) is 7.05 Å². The fraction of sp³-hybridized carbons (Fsp3) is 0.438. The maximum atomic E-state index is 12.5. The number of rotatable bonds is 6. The van der Waals surface area contributed by atoms with Crippen LogP contribution < -0.4 is 15.0 Å². The fourth-order valence-electron chi connectivity index (χ4n) is 2.86. The zero-order valence-corrected chi connectivity index (χ0v) is 13.0. The number of nitrogens with one attached hydrogen (secondary N) is 1. The van der Waals surface area contributed by atoms with Crippen LogP contribution in [0.2, 0.25) is 0 Å². The lowest BCUT2D eigenvalue weighted by Gasteiger charge is -2.22. The van der Waals surface area contributed by atoms with Crippen molar-refractivity contribution in [3.05, 3.63) is 42.5 Å². The first-order chi connectivity index (χ1) is 11.1. The molecule has 7 heteroatoms. The molecular weight excluding hydrogens is 302 g/mol. The average Bonchev–Trinajstić information content (AvgIpc) is 3.14. The number of benzene rings is 1. The summed E-state index contributed by atoms with van der Waals surface area (Å²) in [4.78, 5) is 6.18. The Morgan fingerprint density at radius 1 is 1.39 bits per heavy atom. The Kier molecular flexibility index (Phi) is 4.76. The van der Waals surface area contributed by atoms with E-state index in [-0.39, 0.29) is 5.75 Å². The molecule has 1 aromatic carbocycles. The van der Waals surface area contributed by atoms with Crippen molar-refractivity contribution in [3.8, 4) is 5.75 Å². The Morgan fingerprint density at radius 3 is 2.96 bits per heavy atom. The predicted octanol–water partition coefficient (Wildman–Crippen LogP) is 2.39. The number of ether oxygens (including phenoxy) is 1. The zero-order valence-electron chi connectivity index (χ0n) is 13.0. The van der Waals surface area contributed by atoms with Crippen LogP contribution in [-0.4, -0.2) is 35.3 Å². The highest BCUT2D eigenvalue weighted by Gasteiger charge is 2.25. The molecule has 2 aromatic rings. The topological polar surface area (TPSA) is 42.3 Å². The summed E-state index contributed by atoms with van der Waals surface area (Å²) in [5, 5.41) is 3.49. The molecule has 0 saturated carbocycles. The summed E-state index contributed by atoms with van der Waals surface area (Å²) >= 11 is 0. The van der Waals surface area contributed by atoms with Gasteiger partial charge in [0.05, 0.1) is 17.7 Å². The monoisotopic (exact) mass is 322 g/mol. The molecule has 1 N–H and O–H groups in total. The summed E-state index contributed by atoms with van der Waals surface area (Å²) in [5.74, 6) is 0.231. The maximum absolute atomic E-state index is 12.5. The summed E-state index contributed by atoms with van der Waals surface area (Å²) < 4.78 is 31.6. The first-order valence-corrected chi connectivity index (χ1v) is 7.61. The van der Waals surface area contributed by atoms with Gasteiger partial charge in [-0.2, -0.15) is 8.78 Å². The van der Waals surface area contributed by atoms with Crippen LogP contribution >= 0.6 is 0 Å². The largest absolute Gasteiger partial charge is 0.433 e. The van der Waals surface area contributed by atoms with Gasteiger partial charge in [0.15, 0.2) is 0 Å². The number of hydrogen-bond acceptors (Lipinski definition) is 4. The van der Waals surface area contributed by atoms with E-state index in [9.17, 15) is 8.78 Å². The second-order valence-electron chi connectivity index (χ2n) is 5.65. The summed E-state index contributed by atoms with van der Waals surface area (Å²) in [6.07, 6.45) is 4.57. The van der Waals surface area contributed by atoms with E-state index in [1.54, 1.807) is 18.5 Å². The van der Waals surface area contributed by atoms with Gasteiger partial charge in [-0.25, -0.2) is 4.98 Å². The normalized spacial score (nSPS) is 17.9. The fourth-order valence-corrected chi connectivity index (χ4v) is 2.86. The van der Waals surface area contributed by atoms with Gasteiger partial charge in [-0.3, -0.25) is 0 Å². The van der Waals surface area contributed by atoms with Crippen LogP contribution in [0.3, 0.4) is 0 Å². The van der Waals surface area contributed by atoms with Crippen LogP contribution in [-0.2, 0) is 13.6 Å². The van der Waals surface area contributed by atoms with E-state index in [1.165, 1.54) is 0 Å². The Balaban J connectivity index is 1.60. The van der Waals surface area contributed by atoms with Crippen LogP contribution in [0.4, 0.5) is 14.5 Å². The molecule has 2 heterocycles. The first-order valence-electron chi connectivity index (χ1n) is 7.61. The van der Waals surface area contributed by atoms with Gasteiger partial charge in [-0.15, -0.1) is 0 Å². The molecule has 0 unspecified atom stereocenters. The van der Waals surface area contributed by atoms with Gasteiger partial charge in [-0.1, -0.05) is 12.1 Å². The van der Waals surface area contributed by atoms with Crippen LogP contribution in [0.25, 0.3) is 0 Å². The Hall–Kier alpha value is -2.15. The molecule has 1 fully saturated rings. The summed E-state index contributed by atoms with van der Waals surface area (Å²) in [6.45, 7) is -0.490. The van der Waals surface area contributed by atoms with Gasteiger partial charge < -0.3 is 19.5 Å². The second-order valence-corrected chi connectivity index (χ2v) is 5.65. The number of imidazole rings is 1. The molecule has 0 spiro atoms. The minimum Gasteiger partial charge on any atom is -0.433 e. The minimum absolute atomic E-state index is 0.231. The lowest BCUT2D eigenvalue weighted by Crippen LogP contribution is -2.32. The smallest absolute Gasteiger partial charge is 0.387 e. The van der Waals surface area contributed by atoms with Crippen LogP contribution in [0, 0.1) is 0 Å². The average molecular weight is 322 g/mol. The minimum atomic E-state index is -2.81. The third-order valence-corrected chi connectivity index (χ3v) is 4.10. The van der Waals surface area contributed by atoms with E-state index in [2.05, 4.69) is 19.9 Å². The zero-order chi connectivity index (χ0) is 16.2. The van der Waals surface area contributed by atoms with Crippen LogP contribution in [0.5, 0.6) is 5.75 Å². The Morgan fingerprint density at radius 2 is 2.22 bits per heavy atom. The molecule has 1 aliphatic rings. The van der Waals surface area contributed by atoms with Crippen molar-refractivity contribution in [2.45, 2.75) is 25.6 Å². The maximum Gasteiger partial charge on any atom is 0.387 e. The predicted molar refractivity (Wildman–Crippen MR) is 83.7 cm³/mol. The number of halogens is 2. The van der Waals surface area contributed by atoms with Crippen molar-refractivity contribution in [2.75, 3.05) is 18.0 Å². The summed E-state index contributed by atoms with van der Waals surface area (Å²) in [7, 11) is 1.96. The van der Waals surface area contributed by atoms with E-state index < -0.39 is 6.61 Å². The third-order valence-electron chi connectivity index (χ3n) is 4.10. The number of alkyl halides is 2. The van der Waals surface area contributed by atoms with Gasteiger partial charge in [0.25, 0.3) is 0 Å². The lowest BCUT2D eigenvalue weighted by molar-refractivity contribution is -0.0495. The molecule has 1 aliphatic heterocycles. The van der Waals surface area contributed by atoms with Crippen molar-refractivity contribution >= 4 is 5.69 Å². The standard InChI is InChI=1S/C16H20F2N4O/c1-21-11-19-8-13(21)9-20-12-6-7-22(10-12)14-4-2-3-5-15(14)23-16(17)18/h2-5,8,11-12,16,20H,6-7,9-10H2,1H3/t12-/m0/s1. The van der Waals surface area contributed by atoms with Gasteiger partial charge >= 0.3 is 6.61 Å². The molecule has 1 aromatic heterocycles. The Labute approximate surface area is 133 Å². The van der Waals surface area contributed by atoms with E-state index in [4.69, 9.17) is 0 Å². The van der Waals surface area contributed by atoms with Crippen molar-refractivity contribution < 1.29 is 13.5 Å². The number of anilines is 1. The molecule has 0 radical (unpaired) electrons. The lowest BCUT2D eigenvalue weighted by atomic mass is 10.2. The van der Waals surface area contributed by atoms with Crippen LogP contribution in [0.15, 0.2) is 36.8 Å². The van der Waals surface area contributed by atoms with Gasteiger partial charge in [-0.05, 0) is 18.6 Å². The SMILES string of the molecule is Cn1cncc1CN[C@H]1CCN(c2ccccc2OC(F)F)C1. The van der Waals surface area contributed by atoms with Gasteiger partial charge in [0, 0.05) is 38.9 Å². The molecule has 0 bridgehead atoms.